The molecule has 0 aliphatic carbocycles. The van der Waals surface area contributed by atoms with Gasteiger partial charge in [0.25, 0.3) is 0 Å². The van der Waals surface area contributed by atoms with Gasteiger partial charge >= 0.3 is 0 Å². The first-order valence-corrected chi connectivity index (χ1v) is 10.8. The highest BCUT2D eigenvalue weighted by molar-refractivity contribution is 5.98. The van der Waals surface area contributed by atoms with Crippen molar-refractivity contribution in [1.82, 2.24) is 29.7 Å². The zero-order valence-electron chi connectivity index (χ0n) is 17.5. The molecule has 5 heterocycles. The van der Waals surface area contributed by atoms with Crippen LogP contribution in [0.25, 0.3) is 33.2 Å². The van der Waals surface area contributed by atoms with Crippen molar-refractivity contribution in [3.8, 4) is 11.3 Å². The summed E-state index contributed by atoms with van der Waals surface area (Å²) in [4.78, 5) is 20.4. The predicted molar refractivity (Wildman–Crippen MR) is 125 cm³/mol. The fourth-order valence-electron chi connectivity index (χ4n) is 4.48. The van der Waals surface area contributed by atoms with E-state index in [1.165, 1.54) is 19.2 Å². The van der Waals surface area contributed by atoms with Crippen molar-refractivity contribution < 1.29 is 0 Å². The Bertz CT molecular complexity index is 1420. The second-order valence-electron chi connectivity index (χ2n) is 8.06. The Morgan fingerprint density at radius 3 is 2.72 bits per heavy atom. The van der Waals surface area contributed by atoms with Crippen molar-refractivity contribution in [3.63, 3.8) is 0 Å². The minimum atomic E-state index is 0.413. The van der Waals surface area contributed by atoms with E-state index in [0.717, 1.165) is 52.0 Å². The summed E-state index contributed by atoms with van der Waals surface area (Å²) in [6.07, 6.45) is 7.39. The predicted octanol–water partition coefficient (Wildman–Crippen LogP) is 3.67. The molecular weight excluding hydrogens is 400 g/mol. The normalized spacial score (nSPS) is 13.9. The zero-order valence-corrected chi connectivity index (χ0v) is 17.5. The number of nitrogens with two attached hydrogens (primary N) is 1. The Kier molecular flexibility index (Phi) is 4.41. The molecule has 0 bridgehead atoms. The van der Waals surface area contributed by atoms with Gasteiger partial charge in [-0.05, 0) is 37.1 Å². The van der Waals surface area contributed by atoms with Gasteiger partial charge in [-0.2, -0.15) is 5.10 Å². The van der Waals surface area contributed by atoms with Gasteiger partial charge in [0, 0.05) is 42.0 Å². The van der Waals surface area contributed by atoms with Crippen molar-refractivity contribution in [1.29, 1.82) is 0 Å². The van der Waals surface area contributed by atoms with E-state index >= 15 is 0 Å². The fourth-order valence-corrected chi connectivity index (χ4v) is 4.48. The lowest BCUT2D eigenvalue weighted by Crippen LogP contribution is -2.21. The van der Waals surface area contributed by atoms with Crippen LogP contribution < -0.4 is 10.6 Å². The van der Waals surface area contributed by atoms with Crippen LogP contribution in [0.4, 0.5) is 11.6 Å². The number of para-hydroxylation sites is 1. The Balaban J connectivity index is 1.53. The molecule has 1 aliphatic rings. The van der Waals surface area contributed by atoms with E-state index in [1.54, 1.807) is 12.4 Å². The van der Waals surface area contributed by atoms with Crippen molar-refractivity contribution in [2.75, 3.05) is 23.7 Å². The van der Waals surface area contributed by atoms with E-state index < -0.39 is 0 Å². The number of pyridine rings is 2. The van der Waals surface area contributed by atoms with Crippen LogP contribution in [-0.4, -0.2) is 42.8 Å². The first kappa shape index (κ1) is 18.7. The number of rotatable bonds is 4. The van der Waals surface area contributed by atoms with Gasteiger partial charge in [-0.3, -0.25) is 4.98 Å². The lowest BCUT2D eigenvalue weighted by Gasteiger charge is -2.21. The Hall–Kier alpha value is -4.07. The van der Waals surface area contributed by atoms with Crippen LogP contribution in [0.1, 0.15) is 18.4 Å². The molecular formula is C24H22N8. The quantitative estimate of drug-likeness (QED) is 0.472. The summed E-state index contributed by atoms with van der Waals surface area (Å²) in [5.74, 6) is 1.44. The molecule has 0 atom stereocenters. The molecule has 6 rings (SSSR count). The van der Waals surface area contributed by atoms with Crippen LogP contribution in [0.3, 0.4) is 0 Å². The standard InChI is InChI=1S/C24H22N8/c25-22-20-21(17-7-5-9-26-13-17)30-32(24(20)28-15-27-22)14-18-12-16-6-1-2-8-19(16)29-23(18)31-10-3-4-11-31/h1-2,5-9,12-13,15H,3-4,10-11,14H2,(H2,25,27,28). The number of benzene rings is 1. The monoisotopic (exact) mass is 422 g/mol. The maximum Gasteiger partial charge on any atom is 0.164 e. The van der Waals surface area contributed by atoms with Crippen LogP contribution in [0, 0.1) is 0 Å². The molecule has 32 heavy (non-hydrogen) atoms. The molecule has 0 saturated carbocycles. The summed E-state index contributed by atoms with van der Waals surface area (Å²) in [7, 11) is 0. The molecule has 1 aromatic carbocycles. The van der Waals surface area contributed by atoms with Crippen molar-refractivity contribution in [2.45, 2.75) is 19.4 Å². The van der Waals surface area contributed by atoms with Gasteiger partial charge in [0.15, 0.2) is 5.65 Å². The van der Waals surface area contributed by atoms with E-state index in [-0.39, 0.29) is 0 Å². The lowest BCUT2D eigenvalue weighted by molar-refractivity contribution is 0.702. The number of aromatic nitrogens is 6. The Morgan fingerprint density at radius 1 is 1.00 bits per heavy atom. The van der Waals surface area contributed by atoms with Crippen LogP contribution in [0.5, 0.6) is 0 Å². The van der Waals surface area contributed by atoms with E-state index in [1.807, 2.05) is 28.9 Å². The van der Waals surface area contributed by atoms with Crippen molar-refractivity contribution >= 4 is 33.6 Å². The zero-order chi connectivity index (χ0) is 21.5. The molecule has 1 aliphatic heterocycles. The summed E-state index contributed by atoms with van der Waals surface area (Å²) < 4.78 is 1.90. The molecule has 2 N–H and O–H groups in total. The number of nitrogen functional groups attached to an aromatic ring is 1. The fraction of sp³-hybridized carbons (Fsp3) is 0.208. The summed E-state index contributed by atoms with van der Waals surface area (Å²) in [5.41, 5.74) is 10.7. The summed E-state index contributed by atoms with van der Waals surface area (Å²) in [5, 5.41) is 6.77. The largest absolute Gasteiger partial charge is 0.383 e. The smallest absolute Gasteiger partial charge is 0.164 e. The molecule has 8 nitrogen and oxygen atoms in total. The second kappa shape index (κ2) is 7.56. The highest BCUT2D eigenvalue weighted by Gasteiger charge is 2.21. The third-order valence-electron chi connectivity index (χ3n) is 6.00. The van der Waals surface area contributed by atoms with Gasteiger partial charge in [0.2, 0.25) is 0 Å². The molecule has 0 amide bonds. The third kappa shape index (κ3) is 3.11. The van der Waals surface area contributed by atoms with Gasteiger partial charge in [-0.25, -0.2) is 19.6 Å². The van der Waals surface area contributed by atoms with Crippen molar-refractivity contribution in [2.24, 2.45) is 0 Å². The van der Waals surface area contributed by atoms with E-state index in [4.69, 9.17) is 15.8 Å². The summed E-state index contributed by atoms with van der Waals surface area (Å²) in [6.45, 7) is 2.58. The molecule has 0 spiro atoms. The average molecular weight is 422 g/mol. The SMILES string of the molecule is Nc1ncnc2c1c(-c1cccnc1)nn2Cc1cc2ccccc2nc1N1CCCC1. The van der Waals surface area contributed by atoms with Gasteiger partial charge in [0.05, 0.1) is 17.4 Å². The van der Waals surface area contributed by atoms with Gasteiger partial charge in [-0.1, -0.05) is 18.2 Å². The first-order valence-electron chi connectivity index (χ1n) is 10.8. The maximum atomic E-state index is 6.26. The molecule has 0 unspecified atom stereocenters. The Labute approximate surface area is 184 Å². The summed E-state index contributed by atoms with van der Waals surface area (Å²) >= 11 is 0. The molecule has 158 valence electrons. The Morgan fingerprint density at radius 2 is 1.88 bits per heavy atom. The first-order chi connectivity index (χ1) is 15.8. The van der Waals surface area contributed by atoms with E-state index in [2.05, 4.69) is 38.1 Å². The number of nitrogens with zero attached hydrogens (tertiary/aromatic N) is 7. The summed E-state index contributed by atoms with van der Waals surface area (Å²) in [6, 6.07) is 14.3. The van der Waals surface area contributed by atoms with Crippen molar-refractivity contribution in [3.05, 3.63) is 66.7 Å². The van der Waals surface area contributed by atoms with Crippen LogP contribution in [0.2, 0.25) is 0 Å². The second-order valence-corrected chi connectivity index (χ2v) is 8.06. The minimum absolute atomic E-state index is 0.413. The highest BCUT2D eigenvalue weighted by Crippen LogP contribution is 2.32. The highest BCUT2D eigenvalue weighted by atomic mass is 15.3. The molecule has 4 aromatic heterocycles. The number of hydrogen-bond donors (Lipinski definition) is 1. The lowest BCUT2D eigenvalue weighted by atomic mass is 10.1. The molecule has 8 heteroatoms. The van der Waals surface area contributed by atoms with Crippen LogP contribution in [0.15, 0.2) is 61.2 Å². The minimum Gasteiger partial charge on any atom is -0.383 e. The molecule has 0 radical (unpaired) electrons. The van der Waals surface area contributed by atoms with Gasteiger partial charge in [0.1, 0.15) is 23.7 Å². The number of anilines is 2. The third-order valence-corrected chi connectivity index (χ3v) is 6.00. The number of hydrogen-bond acceptors (Lipinski definition) is 7. The maximum absolute atomic E-state index is 6.26. The topological polar surface area (TPSA) is 98.6 Å². The van der Waals surface area contributed by atoms with E-state index in [9.17, 15) is 0 Å². The molecule has 1 fully saturated rings. The molecule has 1 saturated heterocycles. The van der Waals surface area contributed by atoms with Gasteiger partial charge in [-0.15, -0.1) is 0 Å². The van der Waals surface area contributed by atoms with E-state index in [0.29, 0.717) is 18.0 Å². The number of fused-ring (bicyclic) bond motifs is 2. The van der Waals surface area contributed by atoms with Crippen LogP contribution >= 0.6 is 0 Å². The van der Waals surface area contributed by atoms with Gasteiger partial charge < -0.3 is 10.6 Å². The van der Waals surface area contributed by atoms with Crippen LogP contribution in [-0.2, 0) is 6.54 Å². The molecule has 5 aromatic rings. The average Bonchev–Trinajstić information content (AvgIpc) is 3.49.